The van der Waals surface area contributed by atoms with Crippen LogP contribution in [0.4, 0.5) is 5.69 Å². The van der Waals surface area contributed by atoms with Crippen LogP contribution in [0.5, 0.6) is 5.75 Å². The molecule has 2 aromatic rings. The average molecular weight is 396 g/mol. The highest BCUT2D eigenvalue weighted by atomic mass is 16.5. The predicted octanol–water partition coefficient (Wildman–Crippen LogP) is 5.78. The molecule has 4 heteroatoms. The number of hydrogen-bond acceptors (Lipinski definition) is 3. The summed E-state index contributed by atoms with van der Waals surface area (Å²) in [6.45, 7) is 6.69. The lowest BCUT2D eigenvalue weighted by Gasteiger charge is -2.38. The smallest absolute Gasteiger partial charge is 0.326 e. The quantitative estimate of drug-likeness (QED) is 0.595. The number of benzene rings is 2. The molecule has 1 aliphatic carbocycles. The van der Waals surface area contributed by atoms with Gasteiger partial charge in [0.05, 0.1) is 0 Å². The Morgan fingerprint density at radius 2 is 1.69 bits per heavy atom. The van der Waals surface area contributed by atoms with Crippen molar-refractivity contribution in [2.45, 2.75) is 64.5 Å². The first kappa shape index (κ1) is 21.2. The maximum Gasteiger partial charge on any atom is 0.326 e. The van der Waals surface area contributed by atoms with Crippen molar-refractivity contribution in [3.63, 3.8) is 0 Å². The SMILES string of the molecule is CC1CCC(C(C)(C)Oc2ccc(N[C@@H](Cc3ccccc3)C(=O)O)cc2)CC1. The molecular formula is C25H33NO3. The van der Waals surface area contributed by atoms with E-state index in [1.54, 1.807) is 0 Å². The lowest BCUT2D eigenvalue weighted by atomic mass is 9.75. The molecule has 4 nitrogen and oxygen atoms in total. The summed E-state index contributed by atoms with van der Waals surface area (Å²) in [6, 6.07) is 16.7. The van der Waals surface area contributed by atoms with Crippen LogP contribution < -0.4 is 10.1 Å². The fourth-order valence-corrected chi connectivity index (χ4v) is 4.21. The van der Waals surface area contributed by atoms with Crippen molar-refractivity contribution in [1.29, 1.82) is 0 Å². The van der Waals surface area contributed by atoms with Gasteiger partial charge in [-0.1, -0.05) is 50.1 Å². The van der Waals surface area contributed by atoms with Gasteiger partial charge >= 0.3 is 5.97 Å². The van der Waals surface area contributed by atoms with Crippen LogP contribution in [0.3, 0.4) is 0 Å². The van der Waals surface area contributed by atoms with Gasteiger partial charge in [-0.3, -0.25) is 0 Å². The highest BCUT2D eigenvalue weighted by Crippen LogP contribution is 2.37. The molecule has 2 aromatic carbocycles. The summed E-state index contributed by atoms with van der Waals surface area (Å²) in [7, 11) is 0. The van der Waals surface area contributed by atoms with E-state index in [2.05, 4.69) is 26.1 Å². The lowest BCUT2D eigenvalue weighted by molar-refractivity contribution is -0.137. The number of carbonyl (C=O) groups is 1. The Bertz CT molecular complexity index is 777. The number of nitrogens with one attached hydrogen (secondary N) is 1. The Hall–Kier alpha value is -2.49. The number of carboxylic acid groups (broad SMARTS) is 1. The van der Waals surface area contributed by atoms with E-state index in [1.165, 1.54) is 25.7 Å². The molecule has 0 spiro atoms. The number of rotatable bonds is 8. The van der Waals surface area contributed by atoms with Crippen molar-refractivity contribution in [1.82, 2.24) is 0 Å². The third-order valence-corrected chi connectivity index (χ3v) is 6.16. The first-order valence-corrected chi connectivity index (χ1v) is 10.7. The molecule has 0 radical (unpaired) electrons. The number of aliphatic carboxylic acids is 1. The molecule has 0 bridgehead atoms. The second-order valence-electron chi connectivity index (χ2n) is 8.91. The average Bonchev–Trinajstić information content (AvgIpc) is 2.70. The summed E-state index contributed by atoms with van der Waals surface area (Å²) < 4.78 is 6.34. The molecule has 0 amide bonds. The van der Waals surface area contributed by atoms with Crippen LogP contribution in [0.25, 0.3) is 0 Å². The standard InChI is InChI=1S/C25H33NO3/c1-18-9-11-20(12-10-18)25(2,3)29-22-15-13-21(14-16-22)26-23(24(27)28)17-19-7-5-4-6-8-19/h4-8,13-16,18,20,23,26H,9-12,17H2,1-3H3,(H,27,28)/t18?,20?,23-/m0/s1. The van der Waals surface area contributed by atoms with E-state index in [9.17, 15) is 9.90 Å². The second kappa shape index (κ2) is 9.34. The van der Waals surface area contributed by atoms with Crippen molar-refractivity contribution in [2.75, 3.05) is 5.32 Å². The summed E-state index contributed by atoms with van der Waals surface area (Å²) in [4.78, 5) is 11.7. The van der Waals surface area contributed by atoms with Gasteiger partial charge in [0.15, 0.2) is 0 Å². The summed E-state index contributed by atoms with van der Waals surface area (Å²) in [5.41, 5.74) is 1.58. The highest BCUT2D eigenvalue weighted by molar-refractivity contribution is 5.77. The van der Waals surface area contributed by atoms with Gasteiger partial charge in [0.1, 0.15) is 17.4 Å². The van der Waals surface area contributed by atoms with Crippen LogP contribution in [-0.4, -0.2) is 22.7 Å². The summed E-state index contributed by atoms with van der Waals surface area (Å²) in [5, 5.41) is 12.7. The molecule has 0 aromatic heterocycles. The first-order chi connectivity index (χ1) is 13.8. The zero-order valence-electron chi connectivity index (χ0n) is 17.7. The minimum atomic E-state index is -0.859. The van der Waals surface area contributed by atoms with E-state index in [-0.39, 0.29) is 5.60 Å². The molecule has 1 fully saturated rings. The minimum Gasteiger partial charge on any atom is -0.488 e. The molecule has 0 saturated heterocycles. The summed E-state index contributed by atoms with van der Waals surface area (Å²) >= 11 is 0. The molecule has 0 aliphatic heterocycles. The number of anilines is 1. The Balaban J connectivity index is 1.60. The van der Waals surface area contributed by atoms with Crippen LogP contribution in [-0.2, 0) is 11.2 Å². The normalized spacial score (nSPS) is 20.7. The molecule has 0 unspecified atom stereocenters. The van der Waals surface area contributed by atoms with E-state index >= 15 is 0 Å². The van der Waals surface area contributed by atoms with Gasteiger partial charge in [-0.25, -0.2) is 4.79 Å². The van der Waals surface area contributed by atoms with Gasteiger partial charge in [-0.2, -0.15) is 0 Å². The molecule has 3 rings (SSSR count). The third kappa shape index (κ3) is 5.99. The molecule has 29 heavy (non-hydrogen) atoms. The topological polar surface area (TPSA) is 58.6 Å². The minimum absolute atomic E-state index is 0.202. The van der Waals surface area contributed by atoms with E-state index in [1.807, 2.05) is 54.6 Å². The van der Waals surface area contributed by atoms with Gasteiger partial charge in [0.25, 0.3) is 0 Å². The molecule has 1 atom stereocenters. The van der Waals surface area contributed by atoms with Gasteiger partial charge in [-0.15, -0.1) is 0 Å². The van der Waals surface area contributed by atoms with Gasteiger partial charge in [-0.05, 0) is 68.4 Å². The fraction of sp³-hybridized carbons (Fsp3) is 0.480. The Labute approximate surface area is 174 Å². The number of hydrogen-bond donors (Lipinski definition) is 2. The molecule has 1 aliphatic rings. The van der Waals surface area contributed by atoms with Gasteiger partial charge in [0.2, 0.25) is 0 Å². The van der Waals surface area contributed by atoms with Crippen molar-refractivity contribution in [2.24, 2.45) is 11.8 Å². The number of carboxylic acids is 1. The van der Waals surface area contributed by atoms with Crippen molar-refractivity contribution in [3.05, 3.63) is 60.2 Å². The van der Waals surface area contributed by atoms with Crippen LogP contribution >= 0.6 is 0 Å². The maximum atomic E-state index is 11.7. The van der Waals surface area contributed by atoms with Crippen molar-refractivity contribution >= 4 is 11.7 Å². The van der Waals surface area contributed by atoms with E-state index in [4.69, 9.17) is 4.74 Å². The van der Waals surface area contributed by atoms with Crippen LogP contribution in [0.2, 0.25) is 0 Å². The summed E-state index contributed by atoms with van der Waals surface area (Å²) in [6.07, 6.45) is 5.42. The Kier molecular flexibility index (Phi) is 6.83. The first-order valence-electron chi connectivity index (χ1n) is 10.7. The highest BCUT2D eigenvalue weighted by Gasteiger charge is 2.34. The predicted molar refractivity (Wildman–Crippen MR) is 117 cm³/mol. The monoisotopic (exact) mass is 395 g/mol. The van der Waals surface area contributed by atoms with E-state index < -0.39 is 12.0 Å². The molecule has 1 saturated carbocycles. The second-order valence-corrected chi connectivity index (χ2v) is 8.91. The summed E-state index contributed by atoms with van der Waals surface area (Å²) in [5.74, 6) is 1.36. The van der Waals surface area contributed by atoms with Gasteiger partial charge in [0, 0.05) is 12.1 Å². The molecule has 156 valence electrons. The van der Waals surface area contributed by atoms with Crippen LogP contribution in [0.15, 0.2) is 54.6 Å². The third-order valence-electron chi connectivity index (χ3n) is 6.16. The molecular weight excluding hydrogens is 362 g/mol. The van der Waals surface area contributed by atoms with Crippen LogP contribution in [0, 0.1) is 11.8 Å². The number of ether oxygens (including phenoxy) is 1. The van der Waals surface area contributed by atoms with Gasteiger partial charge < -0.3 is 15.2 Å². The van der Waals surface area contributed by atoms with Crippen LogP contribution in [0.1, 0.15) is 52.0 Å². The van der Waals surface area contributed by atoms with Crippen molar-refractivity contribution < 1.29 is 14.6 Å². The Morgan fingerprint density at radius 1 is 1.07 bits per heavy atom. The molecule has 2 N–H and O–H groups in total. The molecule has 0 heterocycles. The van der Waals surface area contributed by atoms with E-state index in [0.29, 0.717) is 12.3 Å². The zero-order valence-corrected chi connectivity index (χ0v) is 17.7. The van der Waals surface area contributed by atoms with Crippen molar-refractivity contribution in [3.8, 4) is 5.75 Å². The largest absolute Gasteiger partial charge is 0.488 e. The maximum absolute atomic E-state index is 11.7. The lowest BCUT2D eigenvalue weighted by Crippen LogP contribution is -2.39. The zero-order chi connectivity index (χ0) is 20.9. The Morgan fingerprint density at radius 3 is 2.28 bits per heavy atom. The van der Waals surface area contributed by atoms with E-state index in [0.717, 1.165) is 22.9 Å². The fourth-order valence-electron chi connectivity index (χ4n) is 4.21.